The van der Waals surface area contributed by atoms with Gasteiger partial charge in [-0.1, -0.05) is 41.1 Å². The van der Waals surface area contributed by atoms with E-state index in [2.05, 4.69) is 21.2 Å². The number of carbonyl (C=O) groups is 1. The number of amides is 1. The molecule has 1 amide bonds. The van der Waals surface area contributed by atoms with Crippen LogP contribution < -0.4 is 5.32 Å². The minimum Gasteiger partial charge on any atom is -0.350 e. The van der Waals surface area contributed by atoms with E-state index in [1.807, 2.05) is 54.0 Å². The van der Waals surface area contributed by atoms with Crippen LogP contribution in [0, 0.1) is 11.2 Å². The molecule has 128 valence electrons. The van der Waals surface area contributed by atoms with Crippen LogP contribution in [-0.2, 0) is 11.3 Å². The zero-order chi connectivity index (χ0) is 17.6. The summed E-state index contributed by atoms with van der Waals surface area (Å²) in [5.74, 6) is -0.209. The zero-order valence-corrected chi connectivity index (χ0v) is 15.4. The van der Waals surface area contributed by atoms with Crippen molar-refractivity contribution in [3.63, 3.8) is 0 Å². The summed E-state index contributed by atoms with van der Waals surface area (Å²) in [6, 6.07) is 15.0. The Morgan fingerprint density at radius 2 is 1.96 bits per heavy atom. The van der Waals surface area contributed by atoms with Gasteiger partial charge in [0.1, 0.15) is 5.82 Å². The highest BCUT2D eigenvalue weighted by Crippen LogP contribution is 2.45. The molecule has 0 radical (unpaired) electrons. The van der Waals surface area contributed by atoms with Gasteiger partial charge in [0, 0.05) is 26.7 Å². The molecule has 5 heteroatoms. The SMILES string of the molecule is CC1(C(=O)NCc2cc3c(F)cc(Br)cc3n2-c2ccccc2)CC1. The van der Waals surface area contributed by atoms with Crippen LogP contribution in [0.1, 0.15) is 25.5 Å². The zero-order valence-electron chi connectivity index (χ0n) is 13.9. The van der Waals surface area contributed by atoms with Crippen molar-refractivity contribution in [3.8, 4) is 5.69 Å². The van der Waals surface area contributed by atoms with E-state index in [1.165, 1.54) is 6.07 Å². The Kier molecular flexibility index (Phi) is 3.91. The Bertz CT molecular complexity index is 961. The highest BCUT2D eigenvalue weighted by Gasteiger charge is 2.44. The Balaban J connectivity index is 1.79. The number of halogens is 2. The first-order valence-electron chi connectivity index (χ1n) is 8.31. The summed E-state index contributed by atoms with van der Waals surface area (Å²) >= 11 is 3.37. The summed E-state index contributed by atoms with van der Waals surface area (Å²) in [5, 5.41) is 3.56. The van der Waals surface area contributed by atoms with Crippen molar-refractivity contribution < 1.29 is 9.18 Å². The maximum absolute atomic E-state index is 14.4. The van der Waals surface area contributed by atoms with Gasteiger partial charge in [0.2, 0.25) is 5.91 Å². The molecular weight excluding hydrogens is 383 g/mol. The smallest absolute Gasteiger partial charge is 0.226 e. The van der Waals surface area contributed by atoms with Gasteiger partial charge < -0.3 is 9.88 Å². The largest absolute Gasteiger partial charge is 0.350 e. The summed E-state index contributed by atoms with van der Waals surface area (Å²) in [4.78, 5) is 12.3. The quantitative estimate of drug-likeness (QED) is 0.660. The molecule has 2 aromatic carbocycles. The third-order valence-electron chi connectivity index (χ3n) is 4.90. The van der Waals surface area contributed by atoms with E-state index in [0.29, 0.717) is 16.4 Å². The fraction of sp³-hybridized carbons (Fsp3) is 0.250. The van der Waals surface area contributed by atoms with Gasteiger partial charge in [0.15, 0.2) is 0 Å². The number of hydrogen-bond donors (Lipinski definition) is 1. The number of rotatable bonds is 4. The van der Waals surface area contributed by atoms with Gasteiger partial charge in [0.05, 0.1) is 12.1 Å². The van der Waals surface area contributed by atoms with Crippen LogP contribution in [0.2, 0.25) is 0 Å². The number of benzene rings is 2. The molecule has 3 aromatic rings. The molecule has 1 aromatic heterocycles. The van der Waals surface area contributed by atoms with Crippen LogP contribution in [0.25, 0.3) is 16.6 Å². The van der Waals surface area contributed by atoms with Gasteiger partial charge in [-0.3, -0.25) is 4.79 Å². The van der Waals surface area contributed by atoms with Gasteiger partial charge >= 0.3 is 0 Å². The molecule has 1 saturated carbocycles. The summed E-state index contributed by atoms with van der Waals surface area (Å²) in [6.07, 6.45) is 1.87. The van der Waals surface area contributed by atoms with Gasteiger partial charge in [0.25, 0.3) is 0 Å². The Morgan fingerprint density at radius 1 is 1.24 bits per heavy atom. The van der Waals surface area contributed by atoms with Gasteiger partial charge in [-0.05, 0) is 43.2 Å². The standard InChI is InChI=1S/C20H18BrFN2O/c1-20(7-8-20)19(25)23-12-15-11-16-17(22)9-13(21)10-18(16)24(15)14-5-3-2-4-6-14/h2-6,9-11H,7-8,12H2,1H3,(H,23,25). The Morgan fingerprint density at radius 3 is 2.64 bits per heavy atom. The molecule has 1 heterocycles. The third kappa shape index (κ3) is 2.97. The van der Waals surface area contributed by atoms with E-state index in [4.69, 9.17) is 0 Å². The lowest BCUT2D eigenvalue weighted by Gasteiger charge is -2.14. The number of hydrogen-bond acceptors (Lipinski definition) is 1. The van der Waals surface area contributed by atoms with E-state index in [-0.39, 0.29) is 17.1 Å². The topological polar surface area (TPSA) is 34.0 Å². The molecule has 0 unspecified atom stereocenters. The van der Waals surface area contributed by atoms with Gasteiger partial charge in [-0.15, -0.1) is 0 Å². The highest BCUT2D eigenvalue weighted by molar-refractivity contribution is 9.10. The number of nitrogens with one attached hydrogen (secondary N) is 1. The van der Waals surface area contributed by atoms with Crippen molar-refractivity contribution in [1.82, 2.24) is 9.88 Å². The predicted octanol–water partition coefficient (Wildman–Crippen LogP) is 4.95. The molecule has 4 rings (SSSR count). The first-order chi connectivity index (χ1) is 12.0. The molecule has 0 aliphatic heterocycles. The number of carbonyl (C=O) groups excluding carboxylic acids is 1. The molecule has 0 bridgehead atoms. The summed E-state index contributed by atoms with van der Waals surface area (Å²) < 4.78 is 17.1. The molecule has 1 N–H and O–H groups in total. The summed E-state index contributed by atoms with van der Waals surface area (Å²) in [5.41, 5.74) is 2.35. The van der Waals surface area contributed by atoms with Crippen molar-refractivity contribution in [2.75, 3.05) is 0 Å². The molecule has 0 atom stereocenters. The number of nitrogens with zero attached hydrogens (tertiary/aromatic N) is 1. The van der Waals surface area contributed by atoms with E-state index in [1.54, 1.807) is 0 Å². The van der Waals surface area contributed by atoms with Crippen LogP contribution in [0.4, 0.5) is 4.39 Å². The molecule has 3 nitrogen and oxygen atoms in total. The predicted molar refractivity (Wildman–Crippen MR) is 100 cm³/mol. The monoisotopic (exact) mass is 400 g/mol. The molecule has 1 aliphatic carbocycles. The number of fused-ring (bicyclic) bond motifs is 1. The lowest BCUT2D eigenvalue weighted by Crippen LogP contribution is -2.30. The van der Waals surface area contributed by atoms with Crippen LogP contribution in [0.15, 0.2) is 53.0 Å². The maximum atomic E-state index is 14.4. The fourth-order valence-corrected chi connectivity index (χ4v) is 3.51. The molecule has 0 spiro atoms. The fourth-order valence-electron chi connectivity index (χ4n) is 3.10. The second-order valence-electron chi connectivity index (χ2n) is 6.87. The third-order valence-corrected chi connectivity index (χ3v) is 5.36. The van der Waals surface area contributed by atoms with Crippen LogP contribution >= 0.6 is 15.9 Å². The van der Waals surface area contributed by atoms with Crippen LogP contribution in [0.5, 0.6) is 0 Å². The summed E-state index contributed by atoms with van der Waals surface area (Å²) in [6.45, 7) is 2.35. The van der Waals surface area contributed by atoms with Crippen molar-refractivity contribution in [1.29, 1.82) is 0 Å². The van der Waals surface area contributed by atoms with Crippen LogP contribution in [-0.4, -0.2) is 10.5 Å². The maximum Gasteiger partial charge on any atom is 0.226 e. The Labute approximate surface area is 154 Å². The average molecular weight is 401 g/mol. The normalized spacial score (nSPS) is 15.3. The average Bonchev–Trinajstić information content (AvgIpc) is 3.24. The van der Waals surface area contributed by atoms with Gasteiger partial charge in [-0.2, -0.15) is 0 Å². The number of aromatic nitrogens is 1. The van der Waals surface area contributed by atoms with E-state index in [0.717, 1.165) is 29.7 Å². The lowest BCUT2D eigenvalue weighted by molar-refractivity contribution is -0.125. The second-order valence-corrected chi connectivity index (χ2v) is 7.79. The highest BCUT2D eigenvalue weighted by atomic mass is 79.9. The molecule has 25 heavy (non-hydrogen) atoms. The van der Waals surface area contributed by atoms with E-state index < -0.39 is 0 Å². The van der Waals surface area contributed by atoms with Crippen molar-refractivity contribution >= 4 is 32.7 Å². The second kappa shape index (κ2) is 5.99. The first-order valence-corrected chi connectivity index (χ1v) is 9.10. The van der Waals surface area contributed by atoms with Gasteiger partial charge in [-0.25, -0.2) is 4.39 Å². The molecule has 1 aliphatic rings. The van der Waals surface area contributed by atoms with E-state index >= 15 is 0 Å². The summed E-state index contributed by atoms with van der Waals surface area (Å²) in [7, 11) is 0. The van der Waals surface area contributed by atoms with Crippen molar-refractivity contribution in [3.05, 3.63) is 64.5 Å². The minimum absolute atomic E-state index is 0.0685. The lowest BCUT2D eigenvalue weighted by atomic mass is 10.1. The molecular formula is C20H18BrFN2O. The van der Waals surface area contributed by atoms with E-state index in [9.17, 15) is 9.18 Å². The molecule has 1 fully saturated rings. The minimum atomic E-state index is -0.277. The first kappa shape index (κ1) is 16.3. The van der Waals surface area contributed by atoms with Crippen molar-refractivity contribution in [2.45, 2.75) is 26.3 Å². The van der Waals surface area contributed by atoms with Crippen molar-refractivity contribution in [2.24, 2.45) is 5.41 Å². The molecule has 0 saturated heterocycles. The van der Waals surface area contributed by atoms with Crippen LogP contribution in [0.3, 0.4) is 0 Å². The number of para-hydroxylation sites is 1. The Hall–Kier alpha value is -2.14.